The quantitative estimate of drug-likeness (QED) is 0.668. The molecule has 0 aliphatic heterocycles. The Bertz CT molecular complexity index is 578. The van der Waals surface area contributed by atoms with Crippen LogP contribution in [0.25, 0.3) is 10.8 Å². The highest BCUT2D eigenvalue weighted by Gasteiger charge is 2.01. The topological polar surface area (TPSA) is 46.5 Å². The average Bonchev–Trinajstić information content (AvgIpc) is 2.28. The van der Waals surface area contributed by atoms with E-state index < -0.39 is 11.4 Å². The Morgan fingerprint density at radius 2 is 2.00 bits per heavy atom. The fourth-order valence-electron chi connectivity index (χ4n) is 1.70. The normalized spacial score (nSPS) is 12.3. The van der Waals surface area contributed by atoms with E-state index in [1.807, 2.05) is 30.3 Å². The second-order valence-electron chi connectivity index (χ2n) is 3.64. The molecule has 2 aromatic rings. The largest absolute Gasteiger partial charge is 0.380 e. The van der Waals surface area contributed by atoms with Crippen LogP contribution in [0.1, 0.15) is 5.56 Å². The van der Waals surface area contributed by atoms with Crippen molar-refractivity contribution in [3.63, 3.8) is 0 Å². The van der Waals surface area contributed by atoms with E-state index in [-0.39, 0.29) is 0 Å². The van der Waals surface area contributed by atoms with E-state index in [1.54, 1.807) is 12.1 Å². The van der Waals surface area contributed by atoms with Gasteiger partial charge in [0.25, 0.3) is 0 Å². The van der Waals surface area contributed by atoms with Crippen LogP contribution in [-0.2, 0) is 17.8 Å². The van der Waals surface area contributed by atoms with E-state index in [0.29, 0.717) is 5.75 Å². The molecular formula is C13H12O3S. The number of allylic oxidation sites excluding steroid dienone is 1. The molecule has 0 aromatic heterocycles. The zero-order valence-corrected chi connectivity index (χ0v) is 9.94. The first-order valence-electron chi connectivity index (χ1n) is 5.12. The molecule has 0 bridgehead atoms. The smallest absolute Gasteiger partial charge is 0.357 e. The minimum absolute atomic E-state index is 0.383. The summed E-state index contributed by atoms with van der Waals surface area (Å²) in [5.74, 6) is 0.383. The van der Waals surface area contributed by atoms with Crippen LogP contribution in [-0.4, -0.2) is 8.76 Å². The monoisotopic (exact) mass is 248 g/mol. The van der Waals surface area contributed by atoms with Crippen molar-refractivity contribution in [1.29, 1.82) is 0 Å². The molecule has 0 saturated carbocycles. The third-order valence-electron chi connectivity index (χ3n) is 2.42. The highest BCUT2D eigenvalue weighted by Crippen LogP contribution is 2.22. The first-order chi connectivity index (χ1) is 8.19. The molecule has 0 heterocycles. The van der Waals surface area contributed by atoms with E-state index >= 15 is 0 Å². The van der Waals surface area contributed by atoms with Crippen LogP contribution in [0.15, 0.2) is 49.1 Å². The van der Waals surface area contributed by atoms with Crippen LogP contribution in [0.3, 0.4) is 0 Å². The maximum Gasteiger partial charge on any atom is 0.357 e. The van der Waals surface area contributed by atoms with Gasteiger partial charge in [0.15, 0.2) is 0 Å². The van der Waals surface area contributed by atoms with Crippen LogP contribution >= 0.6 is 0 Å². The minimum Gasteiger partial charge on any atom is -0.380 e. The summed E-state index contributed by atoms with van der Waals surface area (Å²) in [6.07, 6.45) is 2.64. The van der Waals surface area contributed by atoms with Gasteiger partial charge < -0.3 is 4.18 Å². The van der Waals surface area contributed by atoms with Gasteiger partial charge in [-0.2, -0.15) is 4.21 Å². The van der Waals surface area contributed by atoms with Gasteiger partial charge in [0, 0.05) is 0 Å². The van der Waals surface area contributed by atoms with E-state index in [0.717, 1.165) is 22.8 Å². The highest BCUT2D eigenvalue weighted by atomic mass is 32.2. The molecule has 2 aromatic carbocycles. The van der Waals surface area contributed by atoms with Crippen molar-refractivity contribution >= 4 is 22.1 Å². The lowest BCUT2D eigenvalue weighted by Gasteiger charge is -2.04. The number of hydrogen-bond donors (Lipinski definition) is 1. The highest BCUT2D eigenvalue weighted by molar-refractivity contribution is 7.74. The Morgan fingerprint density at radius 1 is 1.24 bits per heavy atom. The summed E-state index contributed by atoms with van der Waals surface area (Å²) in [5, 5.41) is 2.04. The van der Waals surface area contributed by atoms with Crippen LogP contribution in [0, 0.1) is 0 Å². The zero-order chi connectivity index (χ0) is 12.3. The Labute approximate surface area is 102 Å². The van der Waals surface area contributed by atoms with Crippen LogP contribution in [0.5, 0.6) is 5.75 Å². The van der Waals surface area contributed by atoms with E-state index in [2.05, 4.69) is 6.58 Å². The molecule has 1 atom stereocenters. The Hall–Kier alpha value is -1.65. The summed E-state index contributed by atoms with van der Waals surface area (Å²) in [7, 11) is 0. The summed E-state index contributed by atoms with van der Waals surface area (Å²) < 4.78 is 23.9. The van der Waals surface area contributed by atoms with Crippen LogP contribution in [0.2, 0.25) is 0 Å². The molecule has 88 valence electrons. The van der Waals surface area contributed by atoms with Gasteiger partial charge in [0.1, 0.15) is 5.75 Å². The minimum atomic E-state index is -2.28. The van der Waals surface area contributed by atoms with Gasteiger partial charge in [-0.15, -0.1) is 6.58 Å². The van der Waals surface area contributed by atoms with Gasteiger partial charge in [-0.3, -0.25) is 4.55 Å². The maximum absolute atomic E-state index is 10.5. The second kappa shape index (κ2) is 5.12. The number of rotatable bonds is 4. The third kappa shape index (κ3) is 2.93. The lowest BCUT2D eigenvalue weighted by atomic mass is 10.0. The van der Waals surface area contributed by atoms with Crippen LogP contribution < -0.4 is 4.18 Å². The van der Waals surface area contributed by atoms with E-state index in [4.69, 9.17) is 8.74 Å². The fourth-order valence-corrected chi connectivity index (χ4v) is 1.97. The molecule has 0 fully saturated rings. The van der Waals surface area contributed by atoms with Gasteiger partial charge in [-0.05, 0) is 34.9 Å². The molecule has 17 heavy (non-hydrogen) atoms. The third-order valence-corrected chi connectivity index (χ3v) is 2.76. The zero-order valence-electron chi connectivity index (χ0n) is 9.13. The van der Waals surface area contributed by atoms with Crippen molar-refractivity contribution in [3.05, 3.63) is 54.6 Å². The first kappa shape index (κ1) is 11.8. The number of hydrogen-bond acceptors (Lipinski definition) is 2. The van der Waals surface area contributed by atoms with Crippen molar-refractivity contribution < 1.29 is 12.9 Å². The van der Waals surface area contributed by atoms with Crippen molar-refractivity contribution in [1.82, 2.24) is 0 Å². The predicted octanol–water partition coefficient (Wildman–Crippen LogP) is 3.08. The number of fused-ring (bicyclic) bond motifs is 1. The van der Waals surface area contributed by atoms with Crippen molar-refractivity contribution in [3.8, 4) is 5.75 Å². The van der Waals surface area contributed by atoms with Gasteiger partial charge in [0.05, 0.1) is 0 Å². The molecule has 2 rings (SSSR count). The number of benzene rings is 2. The molecular weight excluding hydrogens is 236 g/mol. The molecule has 0 amide bonds. The summed E-state index contributed by atoms with van der Waals surface area (Å²) in [6, 6.07) is 11.3. The molecule has 0 radical (unpaired) electrons. The Balaban J connectivity index is 2.42. The average molecular weight is 248 g/mol. The molecule has 0 aliphatic carbocycles. The molecule has 1 unspecified atom stereocenters. The maximum atomic E-state index is 10.5. The Morgan fingerprint density at radius 3 is 2.71 bits per heavy atom. The van der Waals surface area contributed by atoms with Gasteiger partial charge in [-0.25, -0.2) is 0 Å². The SMILES string of the molecule is C=CCc1ccc2ccc(OS(=O)O)cc2c1. The van der Waals surface area contributed by atoms with Crippen molar-refractivity contribution in [2.45, 2.75) is 6.42 Å². The van der Waals surface area contributed by atoms with Crippen LogP contribution in [0.4, 0.5) is 0 Å². The predicted molar refractivity (Wildman–Crippen MR) is 69.2 cm³/mol. The lowest BCUT2D eigenvalue weighted by Crippen LogP contribution is -1.97. The fraction of sp³-hybridized carbons (Fsp3) is 0.0769. The Kier molecular flexibility index (Phi) is 3.56. The van der Waals surface area contributed by atoms with Crippen molar-refractivity contribution in [2.24, 2.45) is 0 Å². The van der Waals surface area contributed by atoms with Gasteiger partial charge in [0.2, 0.25) is 0 Å². The molecule has 0 aliphatic rings. The molecule has 0 saturated heterocycles. The standard InChI is InChI=1S/C13H12O3S/c1-2-3-10-4-5-11-6-7-13(16-17(14)15)9-12(11)8-10/h2,4-9H,1,3H2,(H,14,15). The van der Waals surface area contributed by atoms with Gasteiger partial charge in [-0.1, -0.05) is 30.3 Å². The summed E-state index contributed by atoms with van der Waals surface area (Å²) >= 11 is -2.28. The summed E-state index contributed by atoms with van der Waals surface area (Å²) in [6.45, 7) is 3.69. The van der Waals surface area contributed by atoms with Gasteiger partial charge >= 0.3 is 11.4 Å². The van der Waals surface area contributed by atoms with E-state index in [1.165, 1.54) is 0 Å². The molecule has 0 spiro atoms. The summed E-state index contributed by atoms with van der Waals surface area (Å²) in [4.78, 5) is 0. The lowest BCUT2D eigenvalue weighted by molar-refractivity contribution is 0.458. The van der Waals surface area contributed by atoms with E-state index in [9.17, 15) is 4.21 Å². The van der Waals surface area contributed by atoms with Crippen molar-refractivity contribution in [2.75, 3.05) is 0 Å². The second-order valence-corrected chi connectivity index (χ2v) is 4.24. The summed E-state index contributed by atoms with van der Waals surface area (Å²) in [5.41, 5.74) is 1.15. The molecule has 1 N–H and O–H groups in total. The molecule has 3 nitrogen and oxygen atoms in total. The molecule has 4 heteroatoms. The first-order valence-corrected chi connectivity index (χ1v) is 6.15.